The molecule has 0 amide bonds. The quantitative estimate of drug-likeness (QED) is 0.463. The van der Waals surface area contributed by atoms with Crippen molar-refractivity contribution in [3.8, 4) is 11.1 Å². The van der Waals surface area contributed by atoms with Crippen molar-refractivity contribution in [2.24, 2.45) is 10.7 Å². The van der Waals surface area contributed by atoms with E-state index in [0.717, 1.165) is 16.8 Å². The molecule has 0 aliphatic carbocycles. The summed E-state index contributed by atoms with van der Waals surface area (Å²) in [5, 5.41) is 4.13. The summed E-state index contributed by atoms with van der Waals surface area (Å²) >= 11 is 0. The normalized spacial score (nSPS) is 19.3. The number of aryl methyl sites for hydroxylation is 2. The predicted octanol–water partition coefficient (Wildman–Crippen LogP) is 4.19. The van der Waals surface area contributed by atoms with Gasteiger partial charge in [-0.1, -0.05) is 47.6 Å². The summed E-state index contributed by atoms with van der Waals surface area (Å²) in [7, 11) is 0. The molecule has 2 unspecified atom stereocenters. The summed E-state index contributed by atoms with van der Waals surface area (Å²) in [6, 6.07) is 17.2. The molecule has 168 valence electrons. The molecule has 2 atom stereocenters. The zero-order valence-corrected chi connectivity index (χ0v) is 18.5. The van der Waals surface area contributed by atoms with Crippen LogP contribution >= 0.6 is 0 Å². The monoisotopic (exact) mass is 436 g/mol. The summed E-state index contributed by atoms with van der Waals surface area (Å²) < 4.78 is 25.5. The molecule has 2 aromatic carbocycles. The van der Waals surface area contributed by atoms with Crippen LogP contribution in [-0.2, 0) is 24.1 Å². The van der Waals surface area contributed by atoms with Crippen molar-refractivity contribution in [2.75, 3.05) is 13.2 Å². The summed E-state index contributed by atoms with van der Waals surface area (Å²) in [6.07, 6.45) is 1.33. The molecule has 3 aromatic rings. The number of nitrogens with zero attached hydrogens (tertiary/aromatic N) is 3. The Hall–Kier alpha value is -3.19. The minimum atomic E-state index is -0.217. The number of guanidine groups is 1. The summed E-state index contributed by atoms with van der Waals surface area (Å²) in [5.41, 5.74) is 9.43. The molecule has 1 aliphatic rings. The second-order valence-corrected chi connectivity index (χ2v) is 8.28. The highest BCUT2D eigenvalue weighted by Gasteiger charge is 2.26. The SMILES string of the molecule is CC1COCC(C)N1C(N)=NCc1cc(CCc2ccc(-c3ccccc3)c(F)c2)no1. The fraction of sp³-hybridized carbons (Fsp3) is 0.360. The van der Waals surface area contributed by atoms with Crippen LogP contribution in [0.2, 0.25) is 0 Å². The number of halogens is 1. The molecule has 1 aliphatic heterocycles. The number of hydrogen-bond donors (Lipinski definition) is 1. The Labute approximate surface area is 187 Å². The average Bonchev–Trinajstić information content (AvgIpc) is 3.25. The third kappa shape index (κ3) is 5.16. The molecular weight excluding hydrogens is 407 g/mol. The zero-order valence-electron chi connectivity index (χ0n) is 18.5. The van der Waals surface area contributed by atoms with Crippen LogP contribution in [0.25, 0.3) is 11.1 Å². The number of benzene rings is 2. The maximum Gasteiger partial charge on any atom is 0.192 e. The highest BCUT2D eigenvalue weighted by atomic mass is 19.1. The van der Waals surface area contributed by atoms with Crippen LogP contribution in [0.15, 0.2) is 64.1 Å². The Morgan fingerprint density at radius 1 is 1.09 bits per heavy atom. The molecule has 1 saturated heterocycles. The molecule has 0 bridgehead atoms. The molecule has 0 radical (unpaired) electrons. The Morgan fingerprint density at radius 2 is 1.84 bits per heavy atom. The van der Waals surface area contributed by atoms with Crippen LogP contribution in [0.4, 0.5) is 4.39 Å². The molecule has 7 heteroatoms. The van der Waals surface area contributed by atoms with E-state index in [9.17, 15) is 4.39 Å². The van der Waals surface area contributed by atoms with Crippen LogP contribution < -0.4 is 5.73 Å². The van der Waals surface area contributed by atoms with Crippen molar-refractivity contribution < 1.29 is 13.7 Å². The number of aliphatic imine (C=N–C) groups is 1. The number of hydrogen-bond acceptors (Lipinski definition) is 4. The van der Waals surface area contributed by atoms with Gasteiger partial charge in [0, 0.05) is 11.6 Å². The van der Waals surface area contributed by atoms with Gasteiger partial charge < -0.3 is 19.9 Å². The molecule has 32 heavy (non-hydrogen) atoms. The standard InChI is InChI=1S/C25H29FN4O2/c1-17-15-31-16-18(2)30(17)25(27)28-14-22-13-21(29-32-22)10-8-19-9-11-23(24(26)12-19)20-6-4-3-5-7-20/h3-7,9,11-13,17-18H,8,10,14-16H2,1-2H3,(H2,27,28). The fourth-order valence-corrected chi connectivity index (χ4v) is 4.08. The van der Waals surface area contributed by atoms with E-state index in [2.05, 4.69) is 28.9 Å². The maximum absolute atomic E-state index is 14.6. The van der Waals surface area contributed by atoms with Crippen LogP contribution in [0.1, 0.15) is 30.9 Å². The highest BCUT2D eigenvalue weighted by molar-refractivity contribution is 5.78. The van der Waals surface area contributed by atoms with Crippen molar-refractivity contribution in [1.29, 1.82) is 0 Å². The molecule has 6 nitrogen and oxygen atoms in total. The topological polar surface area (TPSA) is 76.9 Å². The van der Waals surface area contributed by atoms with Gasteiger partial charge in [-0.25, -0.2) is 9.38 Å². The van der Waals surface area contributed by atoms with Crippen LogP contribution in [0.3, 0.4) is 0 Å². The first kappa shape index (κ1) is 22.0. The zero-order chi connectivity index (χ0) is 22.5. The van der Waals surface area contributed by atoms with Crippen LogP contribution in [0.5, 0.6) is 0 Å². The van der Waals surface area contributed by atoms with Gasteiger partial charge in [-0.05, 0) is 43.9 Å². The van der Waals surface area contributed by atoms with Gasteiger partial charge >= 0.3 is 0 Å². The van der Waals surface area contributed by atoms with Gasteiger partial charge in [-0.15, -0.1) is 0 Å². The molecule has 1 fully saturated rings. The first-order valence-corrected chi connectivity index (χ1v) is 11.0. The van der Waals surface area contributed by atoms with Gasteiger partial charge in [-0.3, -0.25) is 0 Å². The van der Waals surface area contributed by atoms with Crippen molar-refractivity contribution in [1.82, 2.24) is 10.1 Å². The number of nitrogens with two attached hydrogens (primary N) is 1. The van der Waals surface area contributed by atoms with Crippen LogP contribution in [0, 0.1) is 5.82 Å². The smallest absolute Gasteiger partial charge is 0.192 e. The van der Waals surface area contributed by atoms with E-state index < -0.39 is 0 Å². The van der Waals surface area contributed by atoms with Gasteiger partial charge in [0.2, 0.25) is 0 Å². The fourth-order valence-electron chi connectivity index (χ4n) is 4.08. The number of rotatable bonds is 6. The van der Waals surface area contributed by atoms with Crippen molar-refractivity contribution in [2.45, 2.75) is 45.3 Å². The lowest BCUT2D eigenvalue weighted by Gasteiger charge is -2.39. The highest BCUT2D eigenvalue weighted by Crippen LogP contribution is 2.24. The number of ether oxygens (including phenoxy) is 1. The van der Waals surface area contributed by atoms with Crippen molar-refractivity contribution in [3.05, 3.63) is 77.4 Å². The van der Waals surface area contributed by atoms with E-state index >= 15 is 0 Å². The van der Waals surface area contributed by atoms with E-state index in [0.29, 0.717) is 49.9 Å². The Bertz CT molecular complexity index is 1060. The first-order valence-electron chi connectivity index (χ1n) is 11.0. The van der Waals surface area contributed by atoms with Gasteiger partial charge in [0.05, 0.1) is 31.0 Å². The summed E-state index contributed by atoms with van der Waals surface area (Å²) in [5.74, 6) is 0.924. The molecule has 0 saturated carbocycles. The minimum absolute atomic E-state index is 0.182. The molecule has 2 N–H and O–H groups in total. The number of aromatic nitrogens is 1. The molecule has 1 aromatic heterocycles. The van der Waals surface area contributed by atoms with Gasteiger partial charge in [0.15, 0.2) is 11.7 Å². The number of morpholine rings is 1. The van der Waals surface area contributed by atoms with Gasteiger partial charge in [0.25, 0.3) is 0 Å². The lowest BCUT2D eigenvalue weighted by atomic mass is 10.0. The van der Waals surface area contributed by atoms with E-state index in [4.69, 9.17) is 15.0 Å². The third-order valence-electron chi connectivity index (χ3n) is 5.73. The van der Waals surface area contributed by atoms with Gasteiger partial charge in [0.1, 0.15) is 12.4 Å². The lowest BCUT2D eigenvalue weighted by Crippen LogP contribution is -2.55. The molecular formula is C25H29FN4O2. The molecule has 4 rings (SSSR count). The molecule has 0 spiro atoms. The van der Waals surface area contributed by atoms with E-state index in [1.54, 1.807) is 6.07 Å². The summed E-state index contributed by atoms with van der Waals surface area (Å²) in [4.78, 5) is 6.56. The largest absolute Gasteiger partial charge is 0.377 e. The van der Waals surface area contributed by atoms with E-state index in [-0.39, 0.29) is 17.9 Å². The third-order valence-corrected chi connectivity index (χ3v) is 5.73. The molecule has 2 heterocycles. The average molecular weight is 437 g/mol. The minimum Gasteiger partial charge on any atom is -0.377 e. The summed E-state index contributed by atoms with van der Waals surface area (Å²) in [6.45, 7) is 5.75. The van der Waals surface area contributed by atoms with E-state index in [1.165, 1.54) is 0 Å². The Balaban J connectivity index is 1.34. The van der Waals surface area contributed by atoms with Gasteiger partial charge in [-0.2, -0.15) is 0 Å². The van der Waals surface area contributed by atoms with Crippen molar-refractivity contribution >= 4 is 5.96 Å². The van der Waals surface area contributed by atoms with Crippen molar-refractivity contribution in [3.63, 3.8) is 0 Å². The van der Waals surface area contributed by atoms with E-state index in [1.807, 2.05) is 48.5 Å². The Morgan fingerprint density at radius 3 is 2.56 bits per heavy atom. The lowest BCUT2D eigenvalue weighted by molar-refractivity contribution is -0.00140. The first-order chi connectivity index (χ1) is 15.5. The van der Waals surface area contributed by atoms with Crippen LogP contribution in [-0.4, -0.2) is 41.3 Å². The maximum atomic E-state index is 14.6. The second kappa shape index (κ2) is 9.96. The second-order valence-electron chi connectivity index (χ2n) is 8.28. The predicted molar refractivity (Wildman–Crippen MR) is 123 cm³/mol. The Kier molecular flexibility index (Phi) is 6.85.